The molecular weight excluding hydrogens is 366 g/mol. The van der Waals surface area contributed by atoms with E-state index in [0.29, 0.717) is 23.9 Å². The molecule has 3 aromatic rings. The predicted octanol–water partition coefficient (Wildman–Crippen LogP) is 2.22. The van der Waals surface area contributed by atoms with Crippen LogP contribution in [0.3, 0.4) is 0 Å². The molecule has 0 saturated carbocycles. The van der Waals surface area contributed by atoms with Crippen molar-refractivity contribution in [3.05, 3.63) is 76.3 Å². The normalized spacial score (nSPS) is 12.1. The van der Waals surface area contributed by atoms with Crippen LogP contribution in [0, 0.1) is 0 Å². The highest BCUT2D eigenvalue weighted by Gasteiger charge is 2.19. The molecular formula is C23H28N3O3+. The molecule has 6 heteroatoms. The molecule has 0 saturated heterocycles. The molecule has 0 aliphatic carbocycles. The Bertz CT molecular complexity index is 1010. The van der Waals surface area contributed by atoms with Gasteiger partial charge in [-0.1, -0.05) is 42.5 Å². The minimum atomic E-state index is -0.268. The Labute approximate surface area is 170 Å². The van der Waals surface area contributed by atoms with Gasteiger partial charge in [-0.3, -0.25) is 14.2 Å². The highest BCUT2D eigenvalue weighted by atomic mass is 16.5. The van der Waals surface area contributed by atoms with Gasteiger partial charge in [0.2, 0.25) is 0 Å². The van der Waals surface area contributed by atoms with Crippen LogP contribution in [0.5, 0.6) is 0 Å². The first kappa shape index (κ1) is 20.7. The van der Waals surface area contributed by atoms with Crippen molar-refractivity contribution in [1.29, 1.82) is 0 Å². The molecule has 0 spiro atoms. The van der Waals surface area contributed by atoms with Crippen molar-refractivity contribution in [3.63, 3.8) is 0 Å². The third kappa shape index (κ3) is 5.29. The molecule has 0 aliphatic heterocycles. The number of rotatable bonds is 9. The number of aromatic nitrogens is 2. The topological polar surface area (TPSA) is 77.8 Å². The molecule has 6 nitrogen and oxygen atoms in total. The maximum absolute atomic E-state index is 13.1. The van der Waals surface area contributed by atoms with Gasteiger partial charge in [0.25, 0.3) is 5.56 Å². The van der Waals surface area contributed by atoms with Gasteiger partial charge in [-0.2, -0.15) is 0 Å². The number of ether oxygens (including phenoxy) is 1. The number of nitrogens with two attached hydrogens (primary N) is 1. The summed E-state index contributed by atoms with van der Waals surface area (Å²) >= 11 is 0. The summed E-state index contributed by atoms with van der Waals surface area (Å²) in [6, 6.07) is 17.8. The highest BCUT2D eigenvalue weighted by molar-refractivity contribution is 5.77. The molecule has 29 heavy (non-hydrogen) atoms. The first-order valence-corrected chi connectivity index (χ1v) is 10.0. The molecule has 0 amide bonds. The number of quaternary nitrogens is 1. The van der Waals surface area contributed by atoms with Crippen LogP contribution in [0.2, 0.25) is 0 Å². The van der Waals surface area contributed by atoms with Crippen molar-refractivity contribution in [1.82, 2.24) is 9.55 Å². The molecule has 152 valence electrons. The zero-order chi connectivity index (χ0) is 20.6. The summed E-state index contributed by atoms with van der Waals surface area (Å²) in [5.41, 5.74) is 1.94. The Balaban J connectivity index is 1.80. The number of methoxy groups -OCH3 is 1. The van der Waals surface area contributed by atoms with Crippen molar-refractivity contribution in [2.75, 3.05) is 13.7 Å². The lowest BCUT2D eigenvalue weighted by molar-refractivity contribution is -0.693. The summed E-state index contributed by atoms with van der Waals surface area (Å²) in [6.45, 7) is 3.41. The third-order valence-corrected chi connectivity index (χ3v) is 5.08. The molecule has 1 atom stereocenters. The van der Waals surface area contributed by atoms with E-state index < -0.39 is 0 Å². The highest BCUT2D eigenvalue weighted by Crippen LogP contribution is 2.12. The SMILES string of the molecule is COC(=O)CCCn1c([C@H](C)[NH2+]CCc2ccccc2)nc2ccccc2c1=O. The molecule has 1 heterocycles. The van der Waals surface area contributed by atoms with Gasteiger partial charge in [0.15, 0.2) is 5.82 Å². The van der Waals surface area contributed by atoms with E-state index in [0.717, 1.165) is 18.8 Å². The molecule has 0 aliphatic rings. The minimum absolute atomic E-state index is 0.0224. The number of hydrogen-bond donors (Lipinski definition) is 1. The number of benzene rings is 2. The Morgan fingerprint density at radius 1 is 1.14 bits per heavy atom. The van der Waals surface area contributed by atoms with Crippen LogP contribution < -0.4 is 10.9 Å². The van der Waals surface area contributed by atoms with Crippen LogP contribution >= 0.6 is 0 Å². The maximum atomic E-state index is 13.1. The summed E-state index contributed by atoms with van der Waals surface area (Å²) in [7, 11) is 1.38. The Hall–Kier alpha value is -2.99. The van der Waals surface area contributed by atoms with E-state index >= 15 is 0 Å². The average Bonchev–Trinajstić information content (AvgIpc) is 2.75. The van der Waals surface area contributed by atoms with Gasteiger partial charge in [-0.05, 0) is 31.0 Å². The summed E-state index contributed by atoms with van der Waals surface area (Å²) in [6.07, 6.45) is 1.77. The monoisotopic (exact) mass is 394 g/mol. The predicted molar refractivity (Wildman–Crippen MR) is 113 cm³/mol. The lowest BCUT2D eigenvalue weighted by atomic mass is 10.1. The molecule has 0 unspecified atom stereocenters. The number of carbonyl (C=O) groups is 1. The second kappa shape index (κ2) is 9.98. The third-order valence-electron chi connectivity index (χ3n) is 5.08. The molecule has 2 aromatic carbocycles. The van der Waals surface area contributed by atoms with Crippen molar-refractivity contribution >= 4 is 16.9 Å². The number of esters is 1. The van der Waals surface area contributed by atoms with Crippen molar-refractivity contribution in [3.8, 4) is 0 Å². The number of para-hydroxylation sites is 1. The quantitative estimate of drug-likeness (QED) is 0.565. The van der Waals surface area contributed by atoms with Crippen molar-refractivity contribution in [2.45, 2.75) is 38.8 Å². The summed E-state index contributed by atoms with van der Waals surface area (Å²) in [5, 5.41) is 2.81. The van der Waals surface area contributed by atoms with Crippen molar-refractivity contribution in [2.24, 2.45) is 0 Å². The number of hydrogen-bond acceptors (Lipinski definition) is 4. The summed E-state index contributed by atoms with van der Waals surface area (Å²) in [4.78, 5) is 29.3. The van der Waals surface area contributed by atoms with Crippen LogP contribution in [0.1, 0.15) is 37.2 Å². The molecule has 3 rings (SSSR count). The van der Waals surface area contributed by atoms with Crippen molar-refractivity contribution < 1.29 is 14.8 Å². The van der Waals surface area contributed by atoms with E-state index in [-0.39, 0.29) is 24.0 Å². The number of nitrogens with zero attached hydrogens (tertiary/aromatic N) is 2. The van der Waals surface area contributed by atoms with Gasteiger partial charge in [0.05, 0.1) is 24.6 Å². The Morgan fingerprint density at radius 3 is 2.62 bits per heavy atom. The van der Waals surface area contributed by atoms with E-state index in [2.05, 4.69) is 24.4 Å². The second-order valence-corrected chi connectivity index (χ2v) is 7.17. The van der Waals surface area contributed by atoms with Gasteiger partial charge < -0.3 is 10.1 Å². The first-order valence-electron chi connectivity index (χ1n) is 10.0. The van der Waals surface area contributed by atoms with E-state index in [4.69, 9.17) is 9.72 Å². The second-order valence-electron chi connectivity index (χ2n) is 7.17. The lowest BCUT2D eigenvalue weighted by Gasteiger charge is -2.17. The van der Waals surface area contributed by atoms with Gasteiger partial charge in [0.1, 0.15) is 6.04 Å². The molecule has 1 aromatic heterocycles. The fourth-order valence-corrected chi connectivity index (χ4v) is 3.48. The summed E-state index contributed by atoms with van der Waals surface area (Å²) < 4.78 is 6.43. The number of fused-ring (bicyclic) bond motifs is 1. The zero-order valence-electron chi connectivity index (χ0n) is 17.0. The fourth-order valence-electron chi connectivity index (χ4n) is 3.48. The van der Waals surface area contributed by atoms with E-state index in [9.17, 15) is 9.59 Å². The molecule has 0 fully saturated rings. The average molecular weight is 394 g/mol. The van der Waals surface area contributed by atoms with Gasteiger partial charge in [-0.15, -0.1) is 0 Å². The van der Waals surface area contributed by atoms with Crippen LogP contribution in [0.4, 0.5) is 0 Å². The number of carbonyl (C=O) groups excluding carboxylic acids is 1. The van der Waals surface area contributed by atoms with Crippen LogP contribution in [-0.2, 0) is 22.5 Å². The van der Waals surface area contributed by atoms with Crippen LogP contribution in [0.15, 0.2) is 59.4 Å². The Morgan fingerprint density at radius 2 is 1.86 bits per heavy atom. The molecule has 2 N–H and O–H groups in total. The van der Waals surface area contributed by atoms with Crippen LogP contribution in [0.25, 0.3) is 10.9 Å². The van der Waals surface area contributed by atoms with E-state index in [1.165, 1.54) is 12.7 Å². The first-order chi connectivity index (χ1) is 14.1. The minimum Gasteiger partial charge on any atom is -0.469 e. The largest absolute Gasteiger partial charge is 0.469 e. The smallest absolute Gasteiger partial charge is 0.305 e. The lowest BCUT2D eigenvalue weighted by Crippen LogP contribution is -2.85. The molecule has 0 radical (unpaired) electrons. The maximum Gasteiger partial charge on any atom is 0.305 e. The van der Waals surface area contributed by atoms with Gasteiger partial charge >= 0.3 is 5.97 Å². The zero-order valence-corrected chi connectivity index (χ0v) is 17.0. The van der Waals surface area contributed by atoms with E-state index in [1.54, 1.807) is 10.6 Å². The standard InChI is InChI=1S/C23H27N3O3/c1-17(24-15-14-18-9-4-3-5-10-18)22-25-20-12-7-6-11-19(20)23(28)26(22)16-8-13-21(27)29-2/h3-7,9-12,17,24H,8,13-16H2,1-2H3/p+1/t17-/m0/s1. The van der Waals surface area contributed by atoms with Gasteiger partial charge in [0, 0.05) is 19.4 Å². The van der Waals surface area contributed by atoms with Gasteiger partial charge in [-0.25, -0.2) is 4.98 Å². The Kier molecular flexibility index (Phi) is 7.14. The molecule has 0 bridgehead atoms. The summed E-state index contributed by atoms with van der Waals surface area (Å²) in [5.74, 6) is 0.474. The van der Waals surface area contributed by atoms with Crippen LogP contribution in [-0.4, -0.2) is 29.2 Å². The fraction of sp³-hybridized carbons (Fsp3) is 0.348. The van der Waals surface area contributed by atoms with E-state index in [1.807, 2.05) is 36.4 Å².